The van der Waals surface area contributed by atoms with Crippen LogP contribution in [0.3, 0.4) is 0 Å². The van der Waals surface area contributed by atoms with E-state index in [2.05, 4.69) is 64.3 Å². The van der Waals surface area contributed by atoms with Crippen molar-refractivity contribution < 1.29 is 0 Å². The summed E-state index contributed by atoms with van der Waals surface area (Å²) < 4.78 is 0. The minimum Gasteiger partial charge on any atom is -0.230 e. The van der Waals surface area contributed by atoms with Crippen LogP contribution < -0.4 is 5.01 Å². The van der Waals surface area contributed by atoms with Gasteiger partial charge in [-0.25, -0.2) is 9.99 Å². The number of rotatable bonds is 4. The van der Waals surface area contributed by atoms with Crippen LogP contribution in [0.25, 0.3) is 11.3 Å². The van der Waals surface area contributed by atoms with Gasteiger partial charge in [-0.2, -0.15) is 5.10 Å². The number of anilines is 1. The van der Waals surface area contributed by atoms with Gasteiger partial charge in [0.25, 0.3) is 0 Å². The number of thiazole rings is 1. The summed E-state index contributed by atoms with van der Waals surface area (Å²) in [6.45, 7) is 0. The van der Waals surface area contributed by atoms with E-state index in [9.17, 15) is 0 Å². The van der Waals surface area contributed by atoms with Gasteiger partial charge in [-0.05, 0) is 17.0 Å². The van der Waals surface area contributed by atoms with Crippen LogP contribution in [0.5, 0.6) is 0 Å². The molecule has 0 amide bonds. The fourth-order valence-electron chi connectivity index (χ4n) is 3.31. The van der Waals surface area contributed by atoms with Crippen LogP contribution in [0, 0.1) is 0 Å². The molecule has 0 aliphatic carbocycles. The van der Waals surface area contributed by atoms with E-state index in [4.69, 9.17) is 10.1 Å². The van der Waals surface area contributed by atoms with E-state index >= 15 is 0 Å². The Kier molecular flexibility index (Phi) is 4.32. The molecule has 2 aromatic carbocycles. The maximum absolute atomic E-state index is 4.98. The van der Waals surface area contributed by atoms with E-state index in [0.29, 0.717) is 0 Å². The number of hydrogen-bond acceptors (Lipinski definition) is 5. The lowest BCUT2D eigenvalue weighted by molar-refractivity contribution is 0.719. The molecule has 0 spiro atoms. The quantitative estimate of drug-likeness (QED) is 0.415. The van der Waals surface area contributed by atoms with Crippen LogP contribution >= 0.6 is 22.7 Å². The SMILES string of the molecule is c1ccc(C2=NN(c3nc(-c4ccccc4)cs3)C(c3cccs3)C2)cc1. The molecule has 1 aliphatic rings. The van der Waals surface area contributed by atoms with Crippen LogP contribution in [0.1, 0.15) is 22.9 Å². The maximum atomic E-state index is 4.98. The van der Waals surface area contributed by atoms with Crippen molar-refractivity contribution in [2.45, 2.75) is 12.5 Å². The Morgan fingerprint density at radius 2 is 1.56 bits per heavy atom. The van der Waals surface area contributed by atoms with Crippen LogP contribution in [0.15, 0.2) is 88.7 Å². The molecule has 1 atom stereocenters. The monoisotopic (exact) mass is 387 g/mol. The summed E-state index contributed by atoms with van der Waals surface area (Å²) in [5, 5.41) is 12.3. The molecule has 4 aromatic rings. The van der Waals surface area contributed by atoms with Gasteiger partial charge in [0.1, 0.15) is 0 Å². The molecule has 3 nitrogen and oxygen atoms in total. The van der Waals surface area contributed by atoms with Crippen molar-refractivity contribution in [3.63, 3.8) is 0 Å². The van der Waals surface area contributed by atoms with Crippen LogP contribution in [-0.4, -0.2) is 10.7 Å². The number of nitrogens with zero attached hydrogens (tertiary/aromatic N) is 3. The second-order valence-corrected chi connectivity index (χ2v) is 8.19. The number of hydrogen-bond donors (Lipinski definition) is 0. The number of thiophene rings is 1. The highest BCUT2D eigenvalue weighted by Gasteiger charge is 2.32. The lowest BCUT2D eigenvalue weighted by atomic mass is 10.0. The molecule has 1 aliphatic heterocycles. The first-order valence-corrected chi connectivity index (χ1v) is 10.6. The summed E-state index contributed by atoms with van der Waals surface area (Å²) in [5.41, 5.74) is 4.44. The van der Waals surface area contributed by atoms with E-state index in [1.165, 1.54) is 10.4 Å². The molecule has 27 heavy (non-hydrogen) atoms. The van der Waals surface area contributed by atoms with Crippen LogP contribution in [-0.2, 0) is 0 Å². The van der Waals surface area contributed by atoms with Crippen molar-refractivity contribution in [3.05, 3.63) is 94.0 Å². The number of hydrazone groups is 1. The third-order valence-corrected chi connectivity index (χ3v) is 6.45. The van der Waals surface area contributed by atoms with Crippen molar-refractivity contribution in [1.82, 2.24) is 4.98 Å². The zero-order chi connectivity index (χ0) is 18.1. The first kappa shape index (κ1) is 16.4. The molecule has 5 rings (SSSR count). The summed E-state index contributed by atoms with van der Waals surface area (Å²) in [4.78, 5) is 6.21. The molecule has 0 N–H and O–H groups in total. The maximum Gasteiger partial charge on any atom is 0.207 e. The number of benzene rings is 2. The summed E-state index contributed by atoms with van der Waals surface area (Å²) in [6, 6.07) is 25.3. The Hall–Kier alpha value is -2.76. The predicted molar refractivity (Wildman–Crippen MR) is 115 cm³/mol. The summed E-state index contributed by atoms with van der Waals surface area (Å²) >= 11 is 3.43. The Morgan fingerprint density at radius 3 is 2.26 bits per heavy atom. The Labute approximate surface area is 166 Å². The summed E-state index contributed by atoms with van der Waals surface area (Å²) in [5.74, 6) is 0. The smallest absolute Gasteiger partial charge is 0.207 e. The van der Waals surface area contributed by atoms with Gasteiger partial charge >= 0.3 is 0 Å². The average Bonchev–Trinajstić information content (AvgIpc) is 3.48. The second-order valence-electron chi connectivity index (χ2n) is 6.37. The highest BCUT2D eigenvalue weighted by molar-refractivity contribution is 7.14. The Morgan fingerprint density at radius 1 is 0.815 bits per heavy atom. The van der Waals surface area contributed by atoms with Crippen LogP contribution in [0.2, 0.25) is 0 Å². The third kappa shape index (κ3) is 3.20. The molecule has 2 aromatic heterocycles. The van der Waals surface area contributed by atoms with Gasteiger partial charge in [-0.3, -0.25) is 0 Å². The Balaban J connectivity index is 1.53. The molecule has 0 radical (unpaired) electrons. The standard InChI is InChI=1S/C22H17N3S2/c1-3-8-16(9-4-1)18-14-20(21-12-7-13-26-21)25(24-18)22-23-19(15-27-22)17-10-5-2-6-11-17/h1-13,15,20H,14H2. The van der Waals surface area contributed by atoms with Gasteiger partial charge in [0, 0.05) is 22.2 Å². The molecular formula is C22H17N3S2. The molecule has 0 saturated heterocycles. The van der Waals surface area contributed by atoms with Crippen molar-refractivity contribution in [2.75, 3.05) is 5.01 Å². The van der Waals surface area contributed by atoms with Gasteiger partial charge in [-0.15, -0.1) is 22.7 Å². The van der Waals surface area contributed by atoms with Gasteiger partial charge in [0.2, 0.25) is 5.13 Å². The second kappa shape index (κ2) is 7.10. The molecular weight excluding hydrogens is 370 g/mol. The van der Waals surface area contributed by atoms with Gasteiger partial charge in [0.15, 0.2) is 0 Å². The highest BCUT2D eigenvalue weighted by atomic mass is 32.1. The summed E-state index contributed by atoms with van der Waals surface area (Å²) in [7, 11) is 0. The fraction of sp³-hybridized carbons (Fsp3) is 0.0909. The topological polar surface area (TPSA) is 28.5 Å². The first-order valence-electron chi connectivity index (χ1n) is 8.85. The molecule has 5 heteroatoms. The predicted octanol–water partition coefficient (Wildman–Crippen LogP) is 6.23. The van der Waals surface area contributed by atoms with E-state index < -0.39 is 0 Å². The number of aromatic nitrogens is 1. The van der Waals surface area contributed by atoms with E-state index in [1.807, 2.05) is 24.3 Å². The zero-order valence-corrected chi connectivity index (χ0v) is 16.2. The van der Waals surface area contributed by atoms with E-state index in [-0.39, 0.29) is 6.04 Å². The minimum atomic E-state index is 0.204. The van der Waals surface area contributed by atoms with Crippen LogP contribution in [0.4, 0.5) is 5.13 Å². The lowest BCUT2D eigenvalue weighted by Gasteiger charge is -2.19. The van der Waals surface area contributed by atoms with Gasteiger partial charge < -0.3 is 0 Å². The molecule has 1 unspecified atom stereocenters. The van der Waals surface area contributed by atoms with Gasteiger partial charge in [0.05, 0.1) is 17.4 Å². The normalized spacial score (nSPS) is 16.5. The fourth-order valence-corrected chi connectivity index (χ4v) is 4.95. The van der Waals surface area contributed by atoms with E-state index in [0.717, 1.165) is 28.5 Å². The van der Waals surface area contributed by atoms with Crippen molar-refractivity contribution in [2.24, 2.45) is 5.10 Å². The largest absolute Gasteiger partial charge is 0.230 e. The third-order valence-electron chi connectivity index (χ3n) is 4.65. The summed E-state index contributed by atoms with van der Waals surface area (Å²) in [6.07, 6.45) is 0.894. The molecule has 0 bridgehead atoms. The molecule has 3 heterocycles. The van der Waals surface area contributed by atoms with Gasteiger partial charge in [-0.1, -0.05) is 66.7 Å². The average molecular weight is 388 g/mol. The van der Waals surface area contributed by atoms with Crippen molar-refractivity contribution in [1.29, 1.82) is 0 Å². The molecule has 0 fully saturated rings. The first-order chi connectivity index (χ1) is 13.4. The highest BCUT2D eigenvalue weighted by Crippen LogP contribution is 2.40. The van der Waals surface area contributed by atoms with Crippen molar-refractivity contribution in [3.8, 4) is 11.3 Å². The zero-order valence-electron chi connectivity index (χ0n) is 14.5. The Bertz CT molecular complexity index is 1050. The minimum absolute atomic E-state index is 0.204. The van der Waals surface area contributed by atoms with Crippen molar-refractivity contribution >= 4 is 33.5 Å². The van der Waals surface area contributed by atoms with E-state index in [1.54, 1.807) is 22.7 Å². The lowest BCUT2D eigenvalue weighted by Crippen LogP contribution is -2.17. The molecule has 132 valence electrons. The molecule has 0 saturated carbocycles.